The van der Waals surface area contributed by atoms with E-state index in [1.165, 1.54) is 0 Å². The zero-order valence-corrected chi connectivity index (χ0v) is 15.4. The van der Waals surface area contributed by atoms with Crippen molar-refractivity contribution < 1.29 is 31.1 Å². The fourth-order valence-corrected chi connectivity index (χ4v) is 2.95. The van der Waals surface area contributed by atoms with Gasteiger partial charge in [-0.15, -0.1) is 0 Å². The van der Waals surface area contributed by atoms with Crippen molar-refractivity contribution in [2.45, 2.75) is 44.1 Å². The summed E-state index contributed by atoms with van der Waals surface area (Å²) in [6, 6.07) is 4.11. The molecule has 1 aromatic heterocycles. The fourth-order valence-electron chi connectivity index (χ4n) is 2.95. The number of aromatic nitrogens is 2. The molecule has 162 valence electrons. The molecule has 1 fully saturated rings. The predicted octanol–water partition coefficient (Wildman–Crippen LogP) is 4.59. The van der Waals surface area contributed by atoms with Gasteiger partial charge in [-0.25, -0.2) is 4.99 Å². The molecule has 30 heavy (non-hydrogen) atoms. The zero-order chi connectivity index (χ0) is 21.9. The first-order valence-corrected chi connectivity index (χ1v) is 8.98. The van der Waals surface area contributed by atoms with Gasteiger partial charge in [-0.2, -0.15) is 31.4 Å². The Morgan fingerprint density at radius 1 is 1.03 bits per heavy atom. The first-order valence-electron chi connectivity index (χ1n) is 8.98. The molecule has 0 bridgehead atoms. The lowest BCUT2D eigenvalue weighted by Crippen LogP contribution is -2.37. The topological polar surface area (TPSA) is 82.2 Å². The van der Waals surface area contributed by atoms with Crippen LogP contribution in [0.2, 0.25) is 0 Å². The highest BCUT2D eigenvalue weighted by Gasteiger charge is 2.33. The van der Waals surface area contributed by atoms with E-state index >= 15 is 0 Å². The molecule has 0 spiro atoms. The van der Waals surface area contributed by atoms with Gasteiger partial charge in [0.25, 0.3) is 5.91 Å². The van der Waals surface area contributed by atoms with E-state index in [1.807, 2.05) is 5.10 Å². The second-order valence-electron chi connectivity index (χ2n) is 6.73. The Labute approximate surface area is 166 Å². The quantitative estimate of drug-likeness (QED) is 0.376. The van der Waals surface area contributed by atoms with E-state index in [-0.39, 0.29) is 23.4 Å². The Morgan fingerprint density at radius 3 is 2.20 bits per heavy atom. The van der Waals surface area contributed by atoms with Gasteiger partial charge in [0.05, 0.1) is 11.6 Å². The third-order valence-electron chi connectivity index (χ3n) is 4.47. The zero-order valence-electron chi connectivity index (χ0n) is 15.4. The number of aliphatic imine (C=N–C) groups is 1. The number of aromatic amines is 1. The van der Waals surface area contributed by atoms with Gasteiger partial charge in [-0.1, -0.05) is 12.8 Å². The van der Waals surface area contributed by atoms with Crippen molar-refractivity contribution in [1.82, 2.24) is 15.5 Å². The number of carbonyl (C=O) groups is 1. The predicted molar refractivity (Wildman–Crippen MR) is 95.8 cm³/mol. The highest BCUT2D eigenvalue weighted by molar-refractivity contribution is 6.09. The molecule has 0 aliphatic heterocycles. The Bertz CT molecular complexity index is 910. The van der Waals surface area contributed by atoms with Crippen molar-refractivity contribution in [3.63, 3.8) is 0 Å². The maximum atomic E-state index is 12.7. The van der Waals surface area contributed by atoms with Crippen LogP contribution in [0.15, 0.2) is 35.3 Å². The minimum Gasteiger partial charge on any atom is -0.309 e. The third-order valence-corrected chi connectivity index (χ3v) is 4.47. The van der Waals surface area contributed by atoms with Crippen LogP contribution in [0.5, 0.6) is 0 Å². The van der Waals surface area contributed by atoms with Gasteiger partial charge in [0.15, 0.2) is 5.82 Å². The van der Waals surface area contributed by atoms with Crippen molar-refractivity contribution in [2.75, 3.05) is 5.32 Å². The van der Waals surface area contributed by atoms with Crippen molar-refractivity contribution in [2.24, 2.45) is 4.99 Å². The van der Waals surface area contributed by atoms with E-state index in [0.29, 0.717) is 6.07 Å². The van der Waals surface area contributed by atoms with Crippen molar-refractivity contribution >= 4 is 17.7 Å². The van der Waals surface area contributed by atoms with Gasteiger partial charge >= 0.3 is 12.4 Å². The molecule has 1 heterocycles. The molecule has 12 heteroatoms. The summed E-state index contributed by atoms with van der Waals surface area (Å²) in [5, 5.41) is 10.3. The number of halogens is 6. The van der Waals surface area contributed by atoms with Gasteiger partial charge in [-0.05, 0) is 37.1 Å². The highest BCUT2D eigenvalue weighted by Crippen LogP contribution is 2.30. The molecule has 1 aliphatic carbocycles. The second-order valence-corrected chi connectivity index (χ2v) is 6.73. The number of benzene rings is 1. The van der Waals surface area contributed by atoms with Gasteiger partial charge in [-0.3, -0.25) is 15.2 Å². The molecule has 0 atom stereocenters. The number of carbonyl (C=O) groups excluding carboxylic acids is 1. The number of rotatable bonds is 3. The average molecular weight is 433 g/mol. The smallest absolute Gasteiger partial charge is 0.309 e. The number of H-pyrrole nitrogens is 1. The first-order chi connectivity index (χ1) is 14.0. The van der Waals surface area contributed by atoms with Gasteiger partial charge in [0.1, 0.15) is 5.69 Å². The lowest BCUT2D eigenvalue weighted by atomic mass is 10.1. The number of amides is 1. The summed E-state index contributed by atoms with van der Waals surface area (Å²) in [6.45, 7) is 0. The minimum atomic E-state index is -4.63. The van der Waals surface area contributed by atoms with E-state index in [0.717, 1.165) is 49.9 Å². The van der Waals surface area contributed by atoms with Crippen molar-refractivity contribution in [3.05, 3.63) is 47.2 Å². The molecule has 6 nitrogen and oxygen atoms in total. The van der Waals surface area contributed by atoms with Gasteiger partial charge < -0.3 is 5.32 Å². The number of hydrogen-bond donors (Lipinski definition) is 3. The Hall–Kier alpha value is -3.05. The third kappa shape index (κ3) is 5.51. The fraction of sp³-hybridized carbons (Fsp3) is 0.389. The molecule has 2 aromatic rings. The number of alkyl halides is 6. The SMILES string of the molecule is O=C(NC(=NC1CCCC1)Nc1cc(C(F)(F)F)[nH]n1)c1ccc(C(F)(F)F)cc1. The largest absolute Gasteiger partial charge is 0.432 e. The average Bonchev–Trinajstić information content (AvgIpc) is 3.32. The monoisotopic (exact) mass is 433 g/mol. The normalized spacial score (nSPS) is 16.0. The summed E-state index contributed by atoms with van der Waals surface area (Å²) in [5.74, 6) is -1.11. The summed E-state index contributed by atoms with van der Waals surface area (Å²) in [5.41, 5.74) is -2.06. The van der Waals surface area contributed by atoms with Gasteiger partial charge in [0.2, 0.25) is 5.96 Å². The molecular weight excluding hydrogens is 416 g/mol. The first kappa shape index (κ1) is 21.7. The Kier molecular flexibility index (Phi) is 6.04. The number of guanidine groups is 1. The molecule has 3 N–H and O–H groups in total. The van der Waals surface area contributed by atoms with E-state index < -0.39 is 29.5 Å². The summed E-state index contributed by atoms with van der Waals surface area (Å²) < 4.78 is 76.2. The minimum absolute atomic E-state index is 0.0677. The maximum Gasteiger partial charge on any atom is 0.432 e. The van der Waals surface area contributed by atoms with E-state index in [9.17, 15) is 31.1 Å². The van der Waals surface area contributed by atoms with Crippen LogP contribution in [0.25, 0.3) is 0 Å². The summed E-state index contributed by atoms with van der Waals surface area (Å²) in [6.07, 6.45) is -5.82. The maximum absolute atomic E-state index is 12.7. The van der Waals surface area contributed by atoms with E-state index in [4.69, 9.17) is 0 Å². The van der Waals surface area contributed by atoms with Gasteiger partial charge in [0, 0.05) is 11.6 Å². The molecule has 3 rings (SSSR count). The van der Waals surface area contributed by atoms with Crippen LogP contribution < -0.4 is 10.6 Å². The van der Waals surface area contributed by atoms with Crippen LogP contribution >= 0.6 is 0 Å². The second kappa shape index (κ2) is 8.36. The van der Waals surface area contributed by atoms with E-state index in [2.05, 4.69) is 20.7 Å². The number of anilines is 1. The molecule has 1 aliphatic rings. The summed E-state index contributed by atoms with van der Waals surface area (Å²) in [4.78, 5) is 16.7. The van der Waals surface area contributed by atoms with Crippen LogP contribution in [0.3, 0.4) is 0 Å². The van der Waals surface area contributed by atoms with Crippen LogP contribution in [-0.2, 0) is 12.4 Å². The Morgan fingerprint density at radius 2 is 1.67 bits per heavy atom. The number of nitrogens with zero attached hydrogens (tertiary/aromatic N) is 2. The molecular formula is C18H17F6N5O. The van der Waals surface area contributed by atoms with E-state index in [1.54, 1.807) is 0 Å². The van der Waals surface area contributed by atoms with Crippen molar-refractivity contribution in [3.8, 4) is 0 Å². The highest BCUT2D eigenvalue weighted by atomic mass is 19.4. The van der Waals surface area contributed by atoms with Crippen LogP contribution in [0.1, 0.15) is 47.3 Å². The lowest BCUT2D eigenvalue weighted by Gasteiger charge is -2.13. The van der Waals surface area contributed by atoms with Crippen LogP contribution in [0.4, 0.5) is 32.2 Å². The molecule has 1 saturated carbocycles. The molecule has 1 amide bonds. The molecule has 0 radical (unpaired) electrons. The summed E-state index contributed by atoms with van der Waals surface area (Å²) >= 11 is 0. The Balaban J connectivity index is 1.77. The number of hydrogen-bond acceptors (Lipinski definition) is 3. The summed E-state index contributed by atoms with van der Waals surface area (Å²) in [7, 11) is 0. The molecule has 0 unspecified atom stereocenters. The van der Waals surface area contributed by atoms with Crippen LogP contribution in [-0.4, -0.2) is 28.1 Å². The molecule has 1 aromatic carbocycles. The standard InChI is InChI=1S/C18H17F6N5O/c19-17(20,21)11-7-5-10(6-8-11)15(30)27-16(25-12-3-1-2-4-12)26-14-9-13(28-29-14)18(22,23)24/h5-9,12H,1-4H2,(H3,25,26,27,28,29,30). The van der Waals surface area contributed by atoms with Crippen molar-refractivity contribution in [1.29, 1.82) is 0 Å². The number of nitrogens with one attached hydrogen (secondary N) is 3. The molecule has 0 saturated heterocycles. The van der Waals surface area contributed by atoms with Crippen LogP contribution in [0, 0.1) is 0 Å². The lowest BCUT2D eigenvalue weighted by molar-refractivity contribution is -0.141.